The molecule has 1 heterocycles. The minimum absolute atomic E-state index is 0.0223. The lowest BCUT2D eigenvalue weighted by Crippen LogP contribution is -2.28. The summed E-state index contributed by atoms with van der Waals surface area (Å²) in [5.74, 6) is 0.853. The van der Waals surface area contributed by atoms with Crippen molar-refractivity contribution in [2.45, 2.75) is 64.7 Å². The molecular weight excluding hydrogens is 298 g/mol. The fourth-order valence-corrected chi connectivity index (χ4v) is 5.48. The van der Waals surface area contributed by atoms with E-state index in [4.69, 9.17) is 18.0 Å². The number of hydrogen-bond acceptors (Lipinski definition) is 3. The molecule has 0 aromatic carbocycles. The third-order valence-corrected chi connectivity index (χ3v) is 6.57. The molecule has 0 atom stereocenters. The summed E-state index contributed by atoms with van der Waals surface area (Å²) in [7, 11) is 0. The van der Waals surface area contributed by atoms with Crippen LogP contribution in [0.15, 0.2) is 0 Å². The van der Waals surface area contributed by atoms with Gasteiger partial charge in [0, 0.05) is 16.9 Å². The molecule has 2 aliphatic carbocycles. The quantitative estimate of drug-likeness (QED) is 0.810. The number of carbonyl (C=O) groups excluding carboxylic acids is 1. The van der Waals surface area contributed by atoms with Gasteiger partial charge in [0.05, 0.1) is 4.88 Å². The van der Waals surface area contributed by atoms with E-state index in [0.717, 1.165) is 22.4 Å². The van der Waals surface area contributed by atoms with Crippen molar-refractivity contribution in [1.29, 1.82) is 0 Å². The van der Waals surface area contributed by atoms with Crippen molar-refractivity contribution in [2.24, 2.45) is 11.1 Å². The van der Waals surface area contributed by atoms with E-state index in [9.17, 15) is 4.79 Å². The number of rotatable bonds is 2. The van der Waals surface area contributed by atoms with Gasteiger partial charge >= 0.3 is 0 Å². The van der Waals surface area contributed by atoms with Crippen molar-refractivity contribution < 1.29 is 4.79 Å². The van der Waals surface area contributed by atoms with Crippen LogP contribution in [0, 0.1) is 5.41 Å². The minimum Gasteiger partial charge on any atom is -0.389 e. The van der Waals surface area contributed by atoms with Crippen molar-refractivity contribution >= 4 is 34.3 Å². The van der Waals surface area contributed by atoms with Gasteiger partial charge in [-0.2, -0.15) is 0 Å². The normalized spacial score (nSPS) is 22.1. The third-order valence-electron chi connectivity index (χ3n) is 4.81. The molecule has 1 fully saturated rings. The average Bonchev–Trinajstić information content (AvgIpc) is 2.78. The molecule has 1 aromatic heterocycles. The van der Waals surface area contributed by atoms with Crippen LogP contribution in [0.3, 0.4) is 0 Å². The maximum Gasteiger partial charge on any atom is 0.164 e. The molecule has 21 heavy (non-hydrogen) atoms. The molecule has 0 unspecified atom stereocenters. The van der Waals surface area contributed by atoms with Crippen molar-refractivity contribution in [1.82, 2.24) is 0 Å². The maximum atomic E-state index is 12.7. The van der Waals surface area contributed by atoms with E-state index in [1.807, 2.05) is 0 Å². The summed E-state index contributed by atoms with van der Waals surface area (Å²) < 4.78 is 0. The monoisotopic (exact) mass is 321 g/mol. The second kappa shape index (κ2) is 5.47. The first-order valence-corrected chi connectivity index (χ1v) is 9.10. The van der Waals surface area contributed by atoms with E-state index in [1.54, 1.807) is 11.3 Å². The Hall–Kier alpha value is -0.740. The molecule has 114 valence electrons. The number of nitrogens with two attached hydrogens (primary N) is 1. The predicted octanol–water partition coefficient (Wildman–Crippen LogP) is 4.59. The Morgan fingerprint density at radius 3 is 2.52 bits per heavy atom. The number of Topliss-reactive ketones (excluding diaryl/α,β-unsaturated/α-hetero) is 1. The van der Waals surface area contributed by atoms with E-state index < -0.39 is 0 Å². The van der Waals surface area contributed by atoms with Crippen LogP contribution in [0.2, 0.25) is 0 Å². The zero-order valence-electron chi connectivity index (χ0n) is 12.8. The Labute approximate surface area is 136 Å². The van der Waals surface area contributed by atoms with Gasteiger partial charge in [-0.1, -0.05) is 45.3 Å². The smallest absolute Gasteiger partial charge is 0.164 e. The second-order valence-electron chi connectivity index (χ2n) is 7.29. The largest absolute Gasteiger partial charge is 0.389 e. The van der Waals surface area contributed by atoms with Gasteiger partial charge in [-0.25, -0.2) is 0 Å². The van der Waals surface area contributed by atoms with Gasteiger partial charge in [0.25, 0.3) is 0 Å². The van der Waals surface area contributed by atoms with Crippen LogP contribution in [0.1, 0.15) is 84.0 Å². The van der Waals surface area contributed by atoms with Gasteiger partial charge in [-0.15, -0.1) is 11.3 Å². The number of carbonyl (C=O) groups is 1. The second-order valence-corrected chi connectivity index (χ2v) is 8.78. The summed E-state index contributed by atoms with van der Waals surface area (Å²) in [6, 6.07) is 0. The van der Waals surface area contributed by atoms with Crippen LogP contribution in [0.25, 0.3) is 0 Å². The Morgan fingerprint density at radius 1 is 1.24 bits per heavy atom. The number of thiocarbonyl (C=S) groups is 1. The first-order valence-electron chi connectivity index (χ1n) is 7.87. The van der Waals surface area contributed by atoms with Gasteiger partial charge in [-0.05, 0) is 36.2 Å². The number of fused-ring (bicyclic) bond motifs is 1. The zero-order chi connectivity index (χ0) is 15.2. The topological polar surface area (TPSA) is 43.1 Å². The van der Waals surface area contributed by atoms with E-state index in [0.29, 0.717) is 23.1 Å². The van der Waals surface area contributed by atoms with Gasteiger partial charge < -0.3 is 5.73 Å². The summed E-state index contributed by atoms with van der Waals surface area (Å²) in [4.78, 5) is 15.5. The van der Waals surface area contributed by atoms with Gasteiger partial charge in [0.15, 0.2) is 5.78 Å². The van der Waals surface area contributed by atoms with Crippen LogP contribution in [-0.4, -0.2) is 10.8 Å². The zero-order valence-corrected chi connectivity index (χ0v) is 14.5. The van der Waals surface area contributed by atoms with Crippen molar-refractivity contribution in [3.63, 3.8) is 0 Å². The van der Waals surface area contributed by atoms with Gasteiger partial charge in [-0.3, -0.25) is 4.79 Å². The van der Waals surface area contributed by atoms with Crippen molar-refractivity contribution in [2.75, 3.05) is 0 Å². The van der Waals surface area contributed by atoms with Crippen molar-refractivity contribution in [3.8, 4) is 0 Å². The molecule has 0 spiro atoms. The molecule has 2 N–H and O–H groups in total. The Balaban J connectivity index is 2.10. The summed E-state index contributed by atoms with van der Waals surface area (Å²) in [5, 5.41) is 0. The fraction of sp³-hybridized carbons (Fsp3) is 0.647. The highest BCUT2D eigenvalue weighted by atomic mass is 32.1. The fourth-order valence-electron chi connectivity index (χ4n) is 3.87. The highest BCUT2D eigenvalue weighted by molar-refractivity contribution is 7.81. The summed E-state index contributed by atoms with van der Waals surface area (Å²) in [5.41, 5.74) is 8.11. The van der Waals surface area contributed by atoms with Crippen LogP contribution >= 0.6 is 23.6 Å². The number of ketones is 1. The number of hydrogen-bond donors (Lipinski definition) is 1. The highest BCUT2D eigenvalue weighted by Gasteiger charge is 2.38. The average molecular weight is 322 g/mol. The van der Waals surface area contributed by atoms with E-state index >= 15 is 0 Å². The molecule has 2 aliphatic rings. The molecule has 0 bridgehead atoms. The molecule has 0 aliphatic heterocycles. The molecule has 0 amide bonds. The third kappa shape index (κ3) is 2.80. The van der Waals surface area contributed by atoms with Crippen molar-refractivity contribution in [3.05, 3.63) is 20.9 Å². The van der Waals surface area contributed by atoms with Gasteiger partial charge in [0.1, 0.15) is 4.99 Å². The maximum absolute atomic E-state index is 12.7. The van der Waals surface area contributed by atoms with Gasteiger partial charge in [0.2, 0.25) is 0 Å². The Kier molecular flexibility index (Phi) is 3.95. The molecule has 4 heteroatoms. The Morgan fingerprint density at radius 2 is 1.90 bits per heavy atom. The first-order chi connectivity index (χ1) is 9.89. The molecule has 3 rings (SSSR count). The molecule has 0 radical (unpaired) electrons. The highest BCUT2D eigenvalue weighted by Crippen LogP contribution is 2.46. The predicted molar refractivity (Wildman–Crippen MR) is 92.5 cm³/mol. The molecule has 2 nitrogen and oxygen atoms in total. The molecule has 1 aromatic rings. The minimum atomic E-state index is 0.0223. The lowest BCUT2D eigenvalue weighted by atomic mass is 9.72. The summed E-state index contributed by atoms with van der Waals surface area (Å²) >= 11 is 6.96. The molecule has 1 saturated carbocycles. The first kappa shape index (κ1) is 15.2. The molecule has 0 saturated heterocycles. The molecular formula is C17H23NOS2. The Bertz CT molecular complexity index is 594. The lowest BCUT2D eigenvalue weighted by Gasteiger charge is -2.30. The summed E-state index contributed by atoms with van der Waals surface area (Å²) in [6.45, 7) is 4.32. The standard InChI is InChI=1S/C17H23NOS2/c1-17(2)8-11-13(12(19)9-17)14(21-15(11)16(18)20)10-6-4-3-5-7-10/h10H,3-9H2,1-2H3,(H2,18,20). The number of thiophene rings is 1. The van der Waals surface area contributed by atoms with E-state index in [-0.39, 0.29) is 5.41 Å². The van der Waals surface area contributed by atoms with E-state index in [1.165, 1.54) is 37.0 Å². The van der Waals surface area contributed by atoms with Crippen LogP contribution in [0.4, 0.5) is 0 Å². The SMILES string of the molecule is CC1(C)CC(=O)c2c(C3CCCCC3)sc(C(N)=S)c2C1. The van der Waals surface area contributed by atoms with Crippen LogP contribution in [-0.2, 0) is 6.42 Å². The van der Waals surface area contributed by atoms with E-state index in [2.05, 4.69) is 13.8 Å². The lowest BCUT2D eigenvalue weighted by molar-refractivity contribution is 0.0911. The van der Waals surface area contributed by atoms with Crippen LogP contribution < -0.4 is 5.73 Å². The summed E-state index contributed by atoms with van der Waals surface area (Å²) in [6.07, 6.45) is 7.87. The van der Waals surface area contributed by atoms with Crippen LogP contribution in [0.5, 0.6) is 0 Å².